The van der Waals surface area contributed by atoms with Crippen molar-refractivity contribution in [2.24, 2.45) is 0 Å². The van der Waals surface area contributed by atoms with Gasteiger partial charge in [0.05, 0.1) is 19.8 Å². The molecule has 1 amide bonds. The Hall–Kier alpha value is -2.06. The van der Waals surface area contributed by atoms with Crippen LogP contribution >= 0.6 is 0 Å². The molecule has 5 heteroatoms. The Morgan fingerprint density at radius 3 is 2.82 bits per heavy atom. The number of hydrogen-bond acceptors (Lipinski definition) is 4. The summed E-state index contributed by atoms with van der Waals surface area (Å²) < 4.78 is 10.2. The quantitative estimate of drug-likeness (QED) is 0.774. The predicted octanol–water partition coefficient (Wildman–Crippen LogP) is 1.09. The molecule has 0 bridgehead atoms. The standard InChI is InChI=1S/C12H14N2O3/c1-16-8-10-4-3-9(7-11(10)17-2)12(15)14-6-5-13/h3-4,7H,6,8H2,1-2H3,(H,14,15). The van der Waals surface area contributed by atoms with Crippen LogP contribution in [0.15, 0.2) is 18.2 Å². The van der Waals surface area contributed by atoms with E-state index in [-0.39, 0.29) is 12.5 Å². The number of methoxy groups -OCH3 is 2. The normalized spacial score (nSPS) is 9.47. The second-order valence-corrected chi connectivity index (χ2v) is 3.30. The number of amides is 1. The number of carbonyl (C=O) groups is 1. The zero-order valence-corrected chi connectivity index (χ0v) is 9.82. The van der Waals surface area contributed by atoms with Crippen molar-refractivity contribution in [3.05, 3.63) is 29.3 Å². The Kier molecular flexibility index (Phi) is 4.98. The van der Waals surface area contributed by atoms with Gasteiger partial charge in [-0.15, -0.1) is 0 Å². The van der Waals surface area contributed by atoms with Crippen LogP contribution in [-0.2, 0) is 11.3 Å². The van der Waals surface area contributed by atoms with E-state index in [0.29, 0.717) is 17.9 Å². The monoisotopic (exact) mass is 234 g/mol. The maximum atomic E-state index is 11.6. The lowest BCUT2D eigenvalue weighted by Crippen LogP contribution is -2.23. The number of nitriles is 1. The predicted molar refractivity (Wildman–Crippen MR) is 61.7 cm³/mol. The lowest BCUT2D eigenvalue weighted by Gasteiger charge is -2.09. The molecular formula is C12H14N2O3. The van der Waals surface area contributed by atoms with E-state index in [1.165, 1.54) is 7.11 Å². The molecule has 0 saturated carbocycles. The molecule has 90 valence electrons. The van der Waals surface area contributed by atoms with Crippen molar-refractivity contribution in [3.63, 3.8) is 0 Å². The number of rotatable bonds is 5. The average Bonchev–Trinajstić information content (AvgIpc) is 2.36. The van der Waals surface area contributed by atoms with Gasteiger partial charge in [-0.25, -0.2) is 0 Å². The number of nitrogens with zero attached hydrogens (tertiary/aromatic N) is 1. The Morgan fingerprint density at radius 2 is 2.24 bits per heavy atom. The second-order valence-electron chi connectivity index (χ2n) is 3.30. The van der Waals surface area contributed by atoms with E-state index in [1.54, 1.807) is 25.3 Å². The Labute approximate surface area is 100.0 Å². The van der Waals surface area contributed by atoms with E-state index in [4.69, 9.17) is 14.7 Å². The molecule has 0 aromatic heterocycles. The lowest BCUT2D eigenvalue weighted by atomic mass is 10.1. The molecular weight excluding hydrogens is 220 g/mol. The van der Waals surface area contributed by atoms with Crippen molar-refractivity contribution in [1.82, 2.24) is 5.32 Å². The highest BCUT2D eigenvalue weighted by molar-refractivity contribution is 5.94. The van der Waals surface area contributed by atoms with Crippen LogP contribution in [0.1, 0.15) is 15.9 Å². The molecule has 0 heterocycles. The Bertz CT molecular complexity index is 438. The first kappa shape index (κ1) is 13.0. The molecule has 0 aliphatic carbocycles. The number of ether oxygens (including phenoxy) is 2. The second kappa shape index (κ2) is 6.51. The van der Waals surface area contributed by atoms with E-state index in [0.717, 1.165) is 5.56 Å². The minimum Gasteiger partial charge on any atom is -0.496 e. The summed E-state index contributed by atoms with van der Waals surface area (Å²) in [6.07, 6.45) is 0. The van der Waals surface area contributed by atoms with E-state index in [9.17, 15) is 4.79 Å². The van der Waals surface area contributed by atoms with Gasteiger partial charge in [0.25, 0.3) is 5.91 Å². The number of carbonyl (C=O) groups excluding carboxylic acids is 1. The minimum atomic E-state index is -0.297. The SMILES string of the molecule is COCc1ccc(C(=O)NCC#N)cc1OC. The fraction of sp³-hybridized carbons (Fsp3) is 0.333. The Morgan fingerprint density at radius 1 is 1.47 bits per heavy atom. The number of nitrogens with one attached hydrogen (secondary N) is 1. The molecule has 0 radical (unpaired) electrons. The molecule has 17 heavy (non-hydrogen) atoms. The summed E-state index contributed by atoms with van der Waals surface area (Å²) in [5.41, 5.74) is 1.32. The summed E-state index contributed by atoms with van der Waals surface area (Å²) in [7, 11) is 3.12. The highest BCUT2D eigenvalue weighted by Gasteiger charge is 2.09. The van der Waals surface area contributed by atoms with Gasteiger partial charge in [-0.3, -0.25) is 4.79 Å². The average molecular weight is 234 g/mol. The fourth-order valence-electron chi connectivity index (χ4n) is 1.38. The van der Waals surface area contributed by atoms with Crippen LogP contribution in [0.2, 0.25) is 0 Å². The van der Waals surface area contributed by atoms with Gasteiger partial charge in [0.2, 0.25) is 0 Å². The molecule has 1 N–H and O–H groups in total. The third-order valence-electron chi connectivity index (χ3n) is 2.18. The van der Waals surface area contributed by atoms with Crippen molar-refractivity contribution in [3.8, 4) is 11.8 Å². The van der Waals surface area contributed by atoms with Crippen LogP contribution in [0.3, 0.4) is 0 Å². The molecule has 1 aromatic carbocycles. The zero-order valence-electron chi connectivity index (χ0n) is 9.82. The molecule has 1 rings (SSSR count). The summed E-state index contributed by atoms with van der Waals surface area (Å²) in [6.45, 7) is 0.407. The smallest absolute Gasteiger partial charge is 0.252 e. The minimum absolute atomic E-state index is 0.0129. The molecule has 5 nitrogen and oxygen atoms in total. The highest BCUT2D eigenvalue weighted by Crippen LogP contribution is 2.20. The van der Waals surface area contributed by atoms with Gasteiger partial charge in [-0.1, -0.05) is 6.07 Å². The highest BCUT2D eigenvalue weighted by atomic mass is 16.5. The summed E-state index contributed by atoms with van der Waals surface area (Å²) >= 11 is 0. The van der Waals surface area contributed by atoms with Gasteiger partial charge < -0.3 is 14.8 Å². The number of hydrogen-bond donors (Lipinski definition) is 1. The first-order valence-electron chi connectivity index (χ1n) is 5.04. The fourth-order valence-corrected chi connectivity index (χ4v) is 1.38. The summed E-state index contributed by atoms with van der Waals surface area (Å²) in [6, 6.07) is 6.91. The molecule has 0 atom stereocenters. The van der Waals surface area contributed by atoms with Crippen molar-refractivity contribution >= 4 is 5.91 Å². The van der Waals surface area contributed by atoms with E-state index in [1.807, 2.05) is 6.07 Å². The topological polar surface area (TPSA) is 71.3 Å². The largest absolute Gasteiger partial charge is 0.496 e. The Balaban J connectivity index is 2.89. The van der Waals surface area contributed by atoms with Gasteiger partial charge in [-0.05, 0) is 12.1 Å². The maximum Gasteiger partial charge on any atom is 0.252 e. The molecule has 0 unspecified atom stereocenters. The molecule has 0 aliphatic rings. The van der Waals surface area contributed by atoms with E-state index in [2.05, 4.69) is 5.32 Å². The zero-order chi connectivity index (χ0) is 12.7. The van der Waals surface area contributed by atoms with Crippen molar-refractivity contribution in [2.75, 3.05) is 20.8 Å². The van der Waals surface area contributed by atoms with Crippen LogP contribution in [0.25, 0.3) is 0 Å². The summed E-state index contributed by atoms with van der Waals surface area (Å²) in [4.78, 5) is 11.6. The van der Waals surface area contributed by atoms with Crippen LogP contribution in [0.4, 0.5) is 0 Å². The molecule has 1 aromatic rings. The van der Waals surface area contributed by atoms with E-state index >= 15 is 0 Å². The van der Waals surface area contributed by atoms with Gasteiger partial charge in [0.1, 0.15) is 12.3 Å². The van der Waals surface area contributed by atoms with Crippen LogP contribution in [0.5, 0.6) is 5.75 Å². The first-order valence-corrected chi connectivity index (χ1v) is 5.04. The summed E-state index contributed by atoms with van der Waals surface area (Å²) in [5, 5.41) is 10.8. The van der Waals surface area contributed by atoms with Gasteiger partial charge in [0, 0.05) is 18.2 Å². The maximum absolute atomic E-state index is 11.6. The van der Waals surface area contributed by atoms with Crippen LogP contribution in [-0.4, -0.2) is 26.7 Å². The molecule has 0 fully saturated rings. The van der Waals surface area contributed by atoms with Crippen molar-refractivity contribution in [1.29, 1.82) is 5.26 Å². The van der Waals surface area contributed by atoms with Gasteiger partial charge in [0.15, 0.2) is 0 Å². The van der Waals surface area contributed by atoms with Crippen molar-refractivity contribution < 1.29 is 14.3 Å². The van der Waals surface area contributed by atoms with E-state index < -0.39 is 0 Å². The molecule has 0 aliphatic heterocycles. The third-order valence-corrected chi connectivity index (χ3v) is 2.18. The van der Waals surface area contributed by atoms with Crippen LogP contribution in [0, 0.1) is 11.3 Å². The van der Waals surface area contributed by atoms with Gasteiger partial charge >= 0.3 is 0 Å². The number of benzene rings is 1. The summed E-state index contributed by atoms with van der Waals surface area (Å²) in [5.74, 6) is 0.297. The molecule has 0 saturated heterocycles. The lowest BCUT2D eigenvalue weighted by molar-refractivity contribution is 0.0958. The molecule has 0 spiro atoms. The van der Waals surface area contributed by atoms with Gasteiger partial charge in [-0.2, -0.15) is 5.26 Å². The van der Waals surface area contributed by atoms with Crippen molar-refractivity contribution in [2.45, 2.75) is 6.61 Å². The van der Waals surface area contributed by atoms with Crippen LogP contribution < -0.4 is 10.1 Å². The first-order chi connectivity index (χ1) is 8.22. The third kappa shape index (κ3) is 3.47.